The Morgan fingerprint density at radius 3 is 2.65 bits per heavy atom. The zero-order valence-electron chi connectivity index (χ0n) is 17.5. The third-order valence-corrected chi connectivity index (χ3v) is 4.79. The third kappa shape index (κ3) is 4.79. The normalized spacial score (nSPS) is 11.5. The SMILES string of the molecule is Cc1ccc(-n2c(-c3cccnc3)nc(NCCO)c(C(N)=NCCO)c2=O)cc1C. The number of nitrogens with one attached hydrogen (secondary N) is 1. The summed E-state index contributed by atoms with van der Waals surface area (Å²) in [5, 5.41) is 21.3. The Labute approximate surface area is 180 Å². The van der Waals surface area contributed by atoms with Crippen molar-refractivity contribution in [3.05, 3.63) is 69.8 Å². The van der Waals surface area contributed by atoms with Crippen molar-refractivity contribution in [3.63, 3.8) is 0 Å². The smallest absolute Gasteiger partial charge is 0.271 e. The van der Waals surface area contributed by atoms with Crippen LogP contribution in [0.1, 0.15) is 16.7 Å². The maximum Gasteiger partial charge on any atom is 0.271 e. The van der Waals surface area contributed by atoms with Crippen molar-refractivity contribution >= 4 is 11.7 Å². The molecular formula is C22H26N6O3. The average Bonchev–Trinajstić information content (AvgIpc) is 2.78. The highest BCUT2D eigenvalue weighted by atomic mass is 16.3. The lowest BCUT2D eigenvalue weighted by Gasteiger charge is -2.18. The van der Waals surface area contributed by atoms with Crippen LogP contribution in [-0.2, 0) is 0 Å². The molecule has 9 nitrogen and oxygen atoms in total. The summed E-state index contributed by atoms with van der Waals surface area (Å²) in [6, 6.07) is 9.26. The summed E-state index contributed by atoms with van der Waals surface area (Å²) in [4.78, 5) is 26.6. The van der Waals surface area contributed by atoms with Gasteiger partial charge in [0.2, 0.25) is 0 Å². The van der Waals surface area contributed by atoms with E-state index in [0.29, 0.717) is 17.1 Å². The lowest BCUT2D eigenvalue weighted by Crippen LogP contribution is -2.34. The van der Waals surface area contributed by atoms with Crippen LogP contribution in [0.2, 0.25) is 0 Å². The molecule has 5 N–H and O–H groups in total. The molecule has 3 rings (SSSR count). The number of anilines is 1. The van der Waals surface area contributed by atoms with E-state index in [4.69, 9.17) is 10.8 Å². The Balaban J connectivity index is 2.37. The van der Waals surface area contributed by atoms with Crippen LogP contribution in [0.4, 0.5) is 5.82 Å². The van der Waals surface area contributed by atoms with Crippen LogP contribution in [0.25, 0.3) is 17.1 Å². The van der Waals surface area contributed by atoms with Gasteiger partial charge in [0, 0.05) is 24.5 Å². The van der Waals surface area contributed by atoms with E-state index in [2.05, 4.69) is 20.3 Å². The second kappa shape index (κ2) is 9.96. The Bertz CT molecular complexity index is 1140. The highest BCUT2D eigenvalue weighted by Gasteiger charge is 2.21. The van der Waals surface area contributed by atoms with E-state index in [0.717, 1.165) is 11.1 Å². The van der Waals surface area contributed by atoms with Gasteiger partial charge >= 0.3 is 0 Å². The first-order valence-electron chi connectivity index (χ1n) is 9.89. The Hall–Kier alpha value is -3.56. The van der Waals surface area contributed by atoms with E-state index in [-0.39, 0.29) is 43.5 Å². The van der Waals surface area contributed by atoms with Crippen LogP contribution in [0.15, 0.2) is 52.5 Å². The van der Waals surface area contributed by atoms with Crippen molar-refractivity contribution in [1.82, 2.24) is 14.5 Å². The molecule has 0 aliphatic heterocycles. The molecule has 1 aromatic carbocycles. The molecule has 2 heterocycles. The first-order valence-corrected chi connectivity index (χ1v) is 9.89. The zero-order valence-corrected chi connectivity index (χ0v) is 17.5. The molecule has 0 unspecified atom stereocenters. The van der Waals surface area contributed by atoms with Crippen molar-refractivity contribution in [1.29, 1.82) is 0 Å². The summed E-state index contributed by atoms with van der Waals surface area (Å²) in [6.07, 6.45) is 3.26. The fourth-order valence-corrected chi connectivity index (χ4v) is 3.10. The molecule has 0 amide bonds. The molecule has 3 aromatic rings. The van der Waals surface area contributed by atoms with Crippen molar-refractivity contribution in [3.8, 4) is 17.1 Å². The van der Waals surface area contributed by atoms with E-state index < -0.39 is 5.56 Å². The largest absolute Gasteiger partial charge is 0.395 e. The number of pyridine rings is 1. The molecular weight excluding hydrogens is 396 g/mol. The molecule has 0 atom stereocenters. The van der Waals surface area contributed by atoms with Crippen LogP contribution >= 0.6 is 0 Å². The van der Waals surface area contributed by atoms with Gasteiger partial charge in [0.15, 0.2) is 5.82 Å². The molecule has 0 aliphatic rings. The lowest BCUT2D eigenvalue weighted by molar-refractivity contribution is 0.307. The zero-order chi connectivity index (χ0) is 22.4. The quantitative estimate of drug-likeness (QED) is 0.314. The number of nitrogens with zero attached hydrogens (tertiary/aromatic N) is 4. The van der Waals surface area contributed by atoms with Crippen LogP contribution in [0, 0.1) is 13.8 Å². The second-order valence-corrected chi connectivity index (χ2v) is 6.95. The maximum absolute atomic E-state index is 13.7. The summed E-state index contributed by atoms with van der Waals surface area (Å²) in [5.41, 5.74) is 9.16. The number of benzene rings is 1. The topological polar surface area (TPSA) is 139 Å². The van der Waals surface area contributed by atoms with Gasteiger partial charge in [-0.1, -0.05) is 6.07 Å². The van der Waals surface area contributed by atoms with Crippen molar-refractivity contribution in [2.75, 3.05) is 31.6 Å². The van der Waals surface area contributed by atoms with Crippen LogP contribution in [-0.4, -0.2) is 56.9 Å². The predicted octanol–water partition coefficient (Wildman–Crippen LogP) is 1.01. The molecule has 0 saturated carbocycles. The second-order valence-electron chi connectivity index (χ2n) is 6.95. The number of aliphatic imine (C=N–C) groups is 1. The lowest BCUT2D eigenvalue weighted by atomic mass is 10.1. The number of aryl methyl sites for hydroxylation is 2. The minimum Gasteiger partial charge on any atom is -0.395 e. The van der Waals surface area contributed by atoms with Crippen LogP contribution in [0.5, 0.6) is 0 Å². The number of aliphatic hydroxyl groups excluding tert-OH is 2. The van der Waals surface area contributed by atoms with Gasteiger partial charge in [0.05, 0.1) is 25.4 Å². The van der Waals surface area contributed by atoms with E-state index >= 15 is 0 Å². The summed E-state index contributed by atoms with van der Waals surface area (Å²) < 4.78 is 1.48. The van der Waals surface area contributed by atoms with Gasteiger partial charge in [-0.2, -0.15) is 0 Å². The molecule has 0 aliphatic carbocycles. The highest BCUT2D eigenvalue weighted by Crippen LogP contribution is 2.23. The van der Waals surface area contributed by atoms with E-state index in [1.54, 1.807) is 18.5 Å². The fourth-order valence-electron chi connectivity index (χ4n) is 3.10. The van der Waals surface area contributed by atoms with Gasteiger partial charge in [0.1, 0.15) is 17.2 Å². The van der Waals surface area contributed by atoms with Gasteiger partial charge in [-0.3, -0.25) is 19.3 Å². The average molecular weight is 422 g/mol. The molecule has 0 fully saturated rings. The maximum atomic E-state index is 13.7. The van der Waals surface area contributed by atoms with Crippen molar-refractivity contribution in [2.24, 2.45) is 10.7 Å². The number of aliphatic hydroxyl groups is 2. The van der Waals surface area contributed by atoms with E-state index in [1.807, 2.05) is 38.1 Å². The number of aromatic nitrogens is 3. The van der Waals surface area contributed by atoms with Crippen LogP contribution < -0.4 is 16.6 Å². The van der Waals surface area contributed by atoms with Gasteiger partial charge in [-0.25, -0.2) is 4.98 Å². The number of amidine groups is 1. The predicted molar refractivity (Wildman–Crippen MR) is 121 cm³/mol. The molecule has 0 spiro atoms. The molecule has 162 valence electrons. The summed E-state index contributed by atoms with van der Waals surface area (Å²) in [6.45, 7) is 3.83. The van der Waals surface area contributed by atoms with Gasteiger partial charge < -0.3 is 21.3 Å². The van der Waals surface area contributed by atoms with Gasteiger partial charge in [0.25, 0.3) is 5.56 Å². The molecule has 2 aromatic heterocycles. The Morgan fingerprint density at radius 1 is 1.19 bits per heavy atom. The minimum absolute atomic E-state index is 0.0395. The number of hydrogen-bond donors (Lipinski definition) is 4. The molecule has 0 saturated heterocycles. The number of rotatable bonds is 8. The standard InChI is InChI=1S/C22H26N6O3/c1-14-5-6-17(12-15(14)2)28-21(16-4-3-7-24-13-16)27-20(26-9-11-30)18(22(28)31)19(23)25-8-10-29/h3-7,12-13,26,29-30H,8-11H2,1-2H3,(H2,23,25). The van der Waals surface area contributed by atoms with E-state index in [1.165, 1.54) is 4.57 Å². The molecule has 31 heavy (non-hydrogen) atoms. The fraction of sp³-hybridized carbons (Fsp3) is 0.273. The Kier molecular flexibility index (Phi) is 7.11. The third-order valence-electron chi connectivity index (χ3n) is 4.79. The Morgan fingerprint density at radius 2 is 2.00 bits per heavy atom. The van der Waals surface area contributed by atoms with Crippen molar-refractivity contribution < 1.29 is 10.2 Å². The molecule has 0 bridgehead atoms. The molecule has 0 radical (unpaired) electrons. The van der Waals surface area contributed by atoms with Gasteiger partial charge in [-0.05, 0) is 49.2 Å². The van der Waals surface area contributed by atoms with Gasteiger partial charge in [-0.15, -0.1) is 0 Å². The number of hydrogen-bond acceptors (Lipinski definition) is 7. The first kappa shape index (κ1) is 22.1. The minimum atomic E-state index is -0.420. The highest BCUT2D eigenvalue weighted by molar-refractivity contribution is 6.01. The molecule has 9 heteroatoms. The van der Waals surface area contributed by atoms with Crippen LogP contribution in [0.3, 0.4) is 0 Å². The monoisotopic (exact) mass is 422 g/mol. The first-order chi connectivity index (χ1) is 15.0. The van der Waals surface area contributed by atoms with E-state index in [9.17, 15) is 9.90 Å². The summed E-state index contributed by atoms with van der Waals surface area (Å²) in [5.74, 6) is 0.542. The summed E-state index contributed by atoms with van der Waals surface area (Å²) >= 11 is 0. The van der Waals surface area contributed by atoms with Crippen molar-refractivity contribution in [2.45, 2.75) is 13.8 Å². The number of nitrogens with two attached hydrogens (primary N) is 1. The summed E-state index contributed by atoms with van der Waals surface area (Å²) in [7, 11) is 0.